The lowest BCUT2D eigenvalue weighted by atomic mass is 10.2. The standard InChI is InChI=1S/C11H20N4S/c1-5-8(4)16-10-6-9(15-12)13-11(14-10)7(2)3/h6-8H,5,12H2,1-4H3,(H,13,14,15). The summed E-state index contributed by atoms with van der Waals surface area (Å²) in [5.74, 6) is 7.23. The van der Waals surface area contributed by atoms with E-state index in [1.54, 1.807) is 11.8 Å². The summed E-state index contributed by atoms with van der Waals surface area (Å²) in [6.45, 7) is 8.52. The van der Waals surface area contributed by atoms with Crippen LogP contribution >= 0.6 is 11.8 Å². The van der Waals surface area contributed by atoms with E-state index in [1.807, 2.05) is 6.07 Å². The molecule has 0 saturated carbocycles. The van der Waals surface area contributed by atoms with Gasteiger partial charge in [0.1, 0.15) is 16.7 Å². The van der Waals surface area contributed by atoms with Gasteiger partial charge in [0.25, 0.3) is 0 Å². The highest BCUT2D eigenvalue weighted by Crippen LogP contribution is 2.26. The number of aromatic nitrogens is 2. The first-order valence-electron chi connectivity index (χ1n) is 5.59. The van der Waals surface area contributed by atoms with Crippen LogP contribution in [0.1, 0.15) is 45.9 Å². The Morgan fingerprint density at radius 2 is 2.06 bits per heavy atom. The zero-order chi connectivity index (χ0) is 12.1. The van der Waals surface area contributed by atoms with Crippen molar-refractivity contribution in [3.05, 3.63) is 11.9 Å². The van der Waals surface area contributed by atoms with Crippen LogP contribution in [0.4, 0.5) is 5.82 Å². The van der Waals surface area contributed by atoms with Crippen molar-refractivity contribution in [1.82, 2.24) is 9.97 Å². The Morgan fingerprint density at radius 3 is 2.56 bits per heavy atom. The van der Waals surface area contributed by atoms with E-state index in [2.05, 4.69) is 43.1 Å². The number of rotatable bonds is 5. The highest BCUT2D eigenvalue weighted by molar-refractivity contribution is 7.99. The minimum absolute atomic E-state index is 0.310. The lowest BCUT2D eigenvalue weighted by Crippen LogP contribution is -2.11. The average molecular weight is 240 g/mol. The third kappa shape index (κ3) is 3.64. The first-order valence-corrected chi connectivity index (χ1v) is 6.47. The maximum atomic E-state index is 5.40. The predicted octanol–water partition coefficient (Wildman–Crippen LogP) is 2.78. The van der Waals surface area contributed by atoms with Crippen molar-refractivity contribution < 1.29 is 0 Å². The van der Waals surface area contributed by atoms with E-state index in [0.717, 1.165) is 17.3 Å². The second-order valence-electron chi connectivity index (χ2n) is 4.09. The Balaban J connectivity index is 2.95. The van der Waals surface area contributed by atoms with Crippen LogP contribution in [0.3, 0.4) is 0 Å². The van der Waals surface area contributed by atoms with E-state index in [9.17, 15) is 0 Å². The van der Waals surface area contributed by atoms with Crippen LogP contribution in [-0.2, 0) is 0 Å². The Morgan fingerprint density at radius 1 is 1.38 bits per heavy atom. The molecular weight excluding hydrogens is 220 g/mol. The molecule has 0 radical (unpaired) electrons. The molecule has 16 heavy (non-hydrogen) atoms. The fraction of sp³-hybridized carbons (Fsp3) is 0.636. The zero-order valence-corrected chi connectivity index (χ0v) is 11.1. The summed E-state index contributed by atoms with van der Waals surface area (Å²) in [7, 11) is 0. The molecule has 0 amide bonds. The Labute approximate surface area is 101 Å². The average Bonchev–Trinajstić information content (AvgIpc) is 2.28. The molecule has 0 aromatic carbocycles. The first kappa shape index (κ1) is 13.3. The molecule has 1 aromatic rings. The molecule has 1 atom stereocenters. The molecule has 1 heterocycles. The number of nitrogens with zero attached hydrogens (tertiary/aromatic N) is 2. The van der Waals surface area contributed by atoms with Gasteiger partial charge in [0.05, 0.1) is 0 Å². The second kappa shape index (κ2) is 6.06. The highest BCUT2D eigenvalue weighted by atomic mass is 32.2. The molecule has 0 spiro atoms. The van der Waals surface area contributed by atoms with Crippen LogP contribution in [0.15, 0.2) is 11.1 Å². The number of hydrazine groups is 1. The van der Waals surface area contributed by atoms with Crippen LogP contribution in [0.5, 0.6) is 0 Å². The molecular formula is C11H20N4S. The number of nitrogens with one attached hydrogen (secondary N) is 1. The summed E-state index contributed by atoms with van der Waals surface area (Å²) < 4.78 is 0. The highest BCUT2D eigenvalue weighted by Gasteiger charge is 2.10. The topological polar surface area (TPSA) is 63.8 Å². The Bertz CT molecular complexity index is 341. The summed E-state index contributed by atoms with van der Waals surface area (Å²) >= 11 is 1.76. The molecule has 1 aromatic heterocycles. The molecule has 0 aliphatic heterocycles. The van der Waals surface area contributed by atoms with Gasteiger partial charge in [-0.3, -0.25) is 0 Å². The smallest absolute Gasteiger partial charge is 0.144 e. The predicted molar refractivity (Wildman–Crippen MR) is 69.5 cm³/mol. The van der Waals surface area contributed by atoms with E-state index in [4.69, 9.17) is 5.84 Å². The quantitative estimate of drug-likeness (QED) is 0.358. The number of thioether (sulfide) groups is 1. The van der Waals surface area contributed by atoms with Crippen molar-refractivity contribution in [2.75, 3.05) is 5.43 Å². The van der Waals surface area contributed by atoms with E-state index in [0.29, 0.717) is 17.0 Å². The molecule has 0 fully saturated rings. The van der Waals surface area contributed by atoms with E-state index in [-0.39, 0.29) is 0 Å². The van der Waals surface area contributed by atoms with Gasteiger partial charge in [-0.1, -0.05) is 27.7 Å². The number of hydrogen-bond donors (Lipinski definition) is 2. The van der Waals surface area contributed by atoms with Gasteiger partial charge in [-0.15, -0.1) is 11.8 Å². The normalized spacial score (nSPS) is 12.9. The van der Waals surface area contributed by atoms with Gasteiger partial charge in [0, 0.05) is 17.2 Å². The first-order chi connectivity index (χ1) is 7.56. The van der Waals surface area contributed by atoms with Gasteiger partial charge < -0.3 is 5.43 Å². The van der Waals surface area contributed by atoms with Gasteiger partial charge in [-0.2, -0.15) is 0 Å². The number of anilines is 1. The lowest BCUT2D eigenvalue weighted by molar-refractivity contribution is 0.753. The van der Waals surface area contributed by atoms with Gasteiger partial charge in [-0.25, -0.2) is 15.8 Å². The third-order valence-corrected chi connectivity index (χ3v) is 3.47. The molecule has 1 unspecified atom stereocenters. The zero-order valence-electron chi connectivity index (χ0n) is 10.3. The number of nitrogens with two attached hydrogens (primary N) is 1. The summed E-state index contributed by atoms with van der Waals surface area (Å²) in [5, 5.41) is 1.54. The second-order valence-corrected chi connectivity index (χ2v) is 5.54. The van der Waals surface area contributed by atoms with E-state index >= 15 is 0 Å². The molecule has 0 bridgehead atoms. The van der Waals surface area contributed by atoms with Gasteiger partial charge >= 0.3 is 0 Å². The SMILES string of the molecule is CCC(C)Sc1cc(NN)nc(C(C)C)n1. The minimum atomic E-state index is 0.310. The number of hydrogen-bond acceptors (Lipinski definition) is 5. The van der Waals surface area contributed by atoms with Crippen molar-refractivity contribution in [1.29, 1.82) is 0 Å². The summed E-state index contributed by atoms with van der Waals surface area (Å²) in [5.41, 5.74) is 2.59. The van der Waals surface area contributed by atoms with Crippen molar-refractivity contribution in [2.45, 2.75) is 50.3 Å². The van der Waals surface area contributed by atoms with Crippen molar-refractivity contribution in [2.24, 2.45) is 5.84 Å². The largest absolute Gasteiger partial charge is 0.308 e. The van der Waals surface area contributed by atoms with Crippen molar-refractivity contribution in [3.63, 3.8) is 0 Å². The maximum Gasteiger partial charge on any atom is 0.144 e. The van der Waals surface area contributed by atoms with Crippen LogP contribution in [0.2, 0.25) is 0 Å². The van der Waals surface area contributed by atoms with Crippen LogP contribution < -0.4 is 11.3 Å². The molecule has 0 aliphatic carbocycles. The summed E-state index contributed by atoms with van der Waals surface area (Å²) in [6, 6.07) is 1.89. The Hall–Kier alpha value is -0.810. The van der Waals surface area contributed by atoms with E-state index < -0.39 is 0 Å². The monoisotopic (exact) mass is 240 g/mol. The van der Waals surface area contributed by atoms with Crippen LogP contribution in [-0.4, -0.2) is 15.2 Å². The Kier molecular flexibility index (Phi) is 5.02. The van der Waals surface area contributed by atoms with Crippen LogP contribution in [0, 0.1) is 0 Å². The summed E-state index contributed by atoms with van der Waals surface area (Å²) in [6.07, 6.45) is 1.12. The van der Waals surface area contributed by atoms with Crippen molar-refractivity contribution in [3.8, 4) is 0 Å². The fourth-order valence-electron chi connectivity index (χ4n) is 1.12. The van der Waals surface area contributed by atoms with Gasteiger partial charge in [0.2, 0.25) is 0 Å². The molecule has 90 valence electrons. The molecule has 0 saturated heterocycles. The maximum absolute atomic E-state index is 5.40. The molecule has 1 rings (SSSR count). The van der Waals surface area contributed by atoms with Gasteiger partial charge in [-0.05, 0) is 6.42 Å². The minimum Gasteiger partial charge on any atom is -0.308 e. The molecule has 0 aliphatic rings. The lowest BCUT2D eigenvalue weighted by Gasteiger charge is -2.11. The third-order valence-electron chi connectivity index (χ3n) is 2.28. The summed E-state index contributed by atoms with van der Waals surface area (Å²) in [4.78, 5) is 8.85. The molecule has 5 heteroatoms. The fourth-order valence-corrected chi connectivity index (χ4v) is 2.03. The van der Waals surface area contributed by atoms with Gasteiger partial charge in [0.15, 0.2) is 0 Å². The molecule has 3 N–H and O–H groups in total. The van der Waals surface area contributed by atoms with Crippen molar-refractivity contribution >= 4 is 17.6 Å². The molecule has 4 nitrogen and oxygen atoms in total. The van der Waals surface area contributed by atoms with E-state index in [1.165, 1.54) is 0 Å². The number of nitrogen functional groups attached to an aromatic ring is 1. The van der Waals surface area contributed by atoms with Crippen LogP contribution in [0.25, 0.3) is 0 Å².